The van der Waals surface area contributed by atoms with Gasteiger partial charge in [0.1, 0.15) is 10.5 Å². The third-order valence-corrected chi connectivity index (χ3v) is 3.37. The summed E-state index contributed by atoms with van der Waals surface area (Å²) in [7, 11) is 0. The molecule has 5 heteroatoms. The molecule has 0 aliphatic carbocycles. The van der Waals surface area contributed by atoms with Crippen LogP contribution in [0, 0.1) is 0 Å². The highest BCUT2D eigenvalue weighted by Gasteiger charge is 2.25. The molecule has 86 valence electrons. The van der Waals surface area contributed by atoms with Crippen molar-refractivity contribution in [1.82, 2.24) is 0 Å². The fourth-order valence-corrected chi connectivity index (χ4v) is 2.12. The zero-order chi connectivity index (χ0) is 12.1. The van der Waals surface area contributed by atoms with Gasteiger partial charge < -0.3 is 10.2 Å². The van der Waals surface area contributed by atoms with Crippen LogP contribution in [-0.2, 0) is 9.59 Å². The van der Waals surface area contributed by atoms with Crippen molar-refractivity contribution in [3.05, 3.63) is 35.9 Å². The fourth-order valence-electron chi connectivity index (χ4n) is 1.17. The van der Waals surface area contributed by atoms with Gasteiger partial charge in [0.05, 0.1) is 0 Å². The fraction of sp³-hybridized carbons (Fsp3) is 0.273. The summed E-state index contributed by atoms with van der Waals surface area (Å²) in [5.41, 5.74) is 0.605. The van der Waals surface area contributed by atoms with Crippen molar-refractivity contribution in [2.45, 2.75) is 17.4 Å². The first-order valence-corrected chi connectivity index (χ1v) is 5.62. The van der Waals surface area contributed by atoms with Crippen LogP contribution in [-0.4, -0.2) is 27.4 Å². The Morgan fingerprint density at radius 1 is 1.12 bits per heavy atom. The minimum atomic E-state index is -1.02. The van der Waals surface area contributed by atoms with Crippen LogP contribution < -0.4 is 0 Å². The van der Waals surface area contributed by atoms with E-state index in [1.807, 2.05) is 0 Å². The first kappa shape index (κ1) is 12.6. The largest absolute Gasteiger partial charge is 0.480 e. The lowest BCUT2D eigenvalue weighted by molar-refractivity contribution is -0.136. The Morgan fingerprint density at radius 2 is 1.69 bits per heavy atom. The van der Waals surface area contributed by atoms with E-state index in [9.17, 15) is 9.59 Å². The normalized spacial score (nSPS) is 14.1. The molecule has 4 nitrogen and oxygen atoms in total. The van der Waals surface area contributed by atoms with Gasteiger partial charge in [-0.2, -0.15) is 0 Å². The zero-order valence-corrected chi connectivity index (χ0v) is 9.48. The summed E-state index contributed by atoms with van der Waals surface area (Å²) in [6.07, 6.45) is 0. The molecule has 16 heavy (non-hydrogen) atoms. The summed E-state index contributed by atoms with van der Waals surface area (Å²) in [5, 5.41) is 16.2. The molecule has 2 atom stereocenters. The second-order valence-electron chi connectivity index (χ2n) is 3.25. The number of aliphatic carboxylic acids is 2. The van der Waals surface area contributed by atoms with Crippen LogP contribution >= 0.6 is 11.8 Å². The molecular formula is C11H12O4S. The first-order valence-electron chi connectivity index (χ1n) is 4.68. The quantitative estimate of drug-likeness (QED) is 0.823. The molecule has 1 aromatic carbocycles. The van der Waals surface area contributed by atoms with Crippen molar-refractivity contribution in [2.24, 2.45) is 0 Å². The standard InChI is InChI=1S/C11H12O4S/c1-7(10(12)13)16-9(11(14)15)8-5-3-2-4-6-8/h2-7,9H,1H3,(H,12,13)(H,14,15). The Hall–Kier alpha value is -1.49. The molecule has 0 heterocycles. The summed E-state index contributed by atoms with van der Waals surface area (Å²) >= 11 is 0.915. The monoisotopic (exact) mass is 240 g/mol. The van der Waals surface area contributed by atoms with Crippen molar-refractivity contribution in [2.75, 3.05) is 0 Å². The number of carboxylic acid groups (broad SMARTS) is 2. The van der Waals surface area contributed by atoms with Crippen LogP contribution in [0.2, 0.25) is 0 Å². The van der Waals surface area contributed by atoms with Gasteiger partial charge in [-0.3, -0.25) is 9.59 Å². The van der Waals surface area contributed by atoms with E-state index in [-0.39, 0.29) is 0 Å². The van der Waals surface area contributed by atoms with Crippen molar-refractivity contribution in [3.63, 3.8) is 0 Å². The Bertz CT molecular complexity index is 377. The van der Waals surface area contributed by atoms with Gasteiger partial charge in [0.2, 0.25) is 0 Å². The lowest BCUT2D eigenvalue weighted by Gasteiger charge is -2.14. The van der Waals surface area contributed by atoms with Crippen LogP contribution in [0.4, 0.5) is 0 Å². The van der Waals surface area contributed by atoms with Gasteiger partial charge in [0, 0.05) is 0 Å². The summed E-state index contributed by atoms with van der Waals surface area (Å²) in [6.45, 7) is 1.48. The molecule has 0 aliphatic heterocycles. The molecule has 1 aromatic rings. The topological polar surface area (TPSA) is 74.6 Å². The van der Waals surface area contributed by atoms with Crippen LogP contribution in [0.3, 0.4) is 0 Å². The summed E-state index contributed by atoms with van der Waals surface area (Å²) in [4.78, 5) is 21.7. The lowest BCUT2D eigenvalue weighted by atomic mass is 10.1. The molecule has 0 aromatic heterocycles. The van der Waals surface area contributed by atoms with Crippen LogP contribution in [0.15, 0.2) is 30.3 Å². The molecule has 0 fully saturated rings. The number of benzene rings is 1. The zero-order valence-electron chi connectivity index (χ0n) is 8.66. The Balaban J connectivity index is 2.85. The van der Waals surface area contributed by atoms with Crippen molar-refractivity contribution in [1.29, 1.82) is 0 Å². The first-order chi connectivity index (χ1) is 7.52. The molecule has 2 unspecified atom stereocenters. The van der Waals surface area contributed by atoms with E-state index in [0.717, 1.165) is 11.8 Å². The molecule has 2 N–H and O–H groups in total. The van der Waals surface area contributed by atoms with Gasteiger partial charge in [-0.1, -0.05) is 30.3 Å². The van der Waals surface area contributed by atoms with Crippen LogP contribution in [0.25, 0.3) is 0 Å². The Kier molecular flexibility index (Phi) is 4.37. The molecular weight excluding hydrogens is 228 g/mol. The van der Waals surface area contributed by atoms with Crippen molar-refractivity contribution >= 4 is 23.7 Å². The van der Waals surface area contributed by atoms with Crippen molar-refractivity contribution < 1.29 is 19.8 Å². The predicted octanol–water partition coefficient (Wildman–Crippen LogP) is 2.02. The van der Waals surface area contributed by atoms with Gasteiger partial charge in [-0.15, -0.1) is 11.8 Å². The van der Waals surface area contributed by atoms with Gasteiger partial charge in [0.15, 0.2) is 0 Å². The van der Waals surface area contributed by atoms with E-state index in [1.165, 1.54) is 6.92 Å². The predicted molar refractivity (Wildman–Crippen MR) is 61.5 cm³/mol. The highest BCUT2D eigenvalue weighted by atomic mass is 32.2. The Labute approximate surface area is 97.3 Å². The molecule has 0 spiro atoms. The number of hydrogen-bond donors (Lipinski definition) is 2. The maximum atomic E-state index is 11.0. The lowest BCUT2D eigenvalue weighted by Crippen LogP contribution is -2.17. The number of thioether (sulfide) groups is 1. The van der Waals surface area contributed by atoms with Gasteiger partial charge in [-0.25, -0.2) is 0 Å². The smallest absolute Gasteiger partial charge is 0.321 e. The number of carbonyl (C=O) groups is 2. The molecule has 0 radical (unpaired) electrons. The molecule has 0 amide bonds. The highest BCUT2D eigenvalue weighted by molar-refractivity contribution is 8.01. The highest BCUT2D eigenvalue weighted by Crippen LogP contribution is 2.32. The maximum absolute atomic E-state index is 11.0. The second-order valence-corrected chi connectivity index (χ2v) is 4.70. The van der Waals surface area contributed by atoms with E-state index in [0.29, 0.717) is 5.56 Å². The molecule has 0 saturated heterocycles. The van der Waals surface area contributed by atoms with E-state index >= 15 is 0 Å². The van der Waals surface area contributed by atoms with Crippen LogP contribution in [0.1, 0.15) is 17.7 Å². The minimum Gasteiger partial charge on any atom is -0.480 e. The average molecular weight is 240 g/mol. The number of carboxylic acids is 2. The summed E-state index contributed by atoms with van der Waals surface area (Å²) < 4.78 is 0. The van der Waals surface area contributed by atoms with E-state index in [1.54, 1.807) is 30.3 Å². The van der Waals surface area contributed by atoms with Gasteiger partial charge in [0.25, 0.3) is 0 Å². The molecule has 0 saturated carbocycles. The number of hydrogen-bond acceptors (Lipinski definition) is 3. The SMILES string of the molecule is CC(SC(C(=O)O)c1ccccc1)C(=O)O. The molecule has 1 rings (SSSR count). The third kappa shape index (κ3) is 3.27. The average Bonchev–Trinajstić information content (AvgIpc) is 2.26. The minimum absolute atomic E-state index is 0.605. The van der Waals surface area contributed by atoms with Gasteiger partial charge in [-0.05, 0) is 12.5 Å². The van der Waals surface area contributed by atoms with E-state index < -0.39 is 22.4 Å². The summed E-state index contributed by atoms with van der Waals surface area (Å²) in [6, 6.07) is 8.61. The number of rotatable bonds is 5. The second kappa shape index (κ2) is 5.55. The summed E-state index contributed by atoms with van der Waals surface area (Å²) in [5.74, 6) is -2.03. The van der Waals surface area contributed by atoms with Crippen LogP contribution in [0.5, 0.6) is 0 Å². The third-order valence-electron chi connectivity index (χ3n) is 2.01. The van der Waals surface area contributed by atoms with E-state index in [4.69, 9.17) is 10.2 Å². The maximum Gasteiger partial charge on any atom is 0.321 e. The van der Waals surface area contributed by atoms with E-state index in [2.05, 4.69) is 0 Å². The Morgan fingerprint density at radius 3 is 2.12 bits per heavy atom. The molecule has 0 aliphatic rings. The van der Waals surface area contributed by atoms with Crippen molar-refractivity contribution in [3.8, 4) is 0 Å². The molecule has 0 bridgehead atoms. The van der Waals surface area contributed by atoms with Gasteiger partial charge >= 0.3 is 11.9 Å².